The van der Waals surface area contributed by atoms with Crippen molar-refractivity contribution in [3.63, 3.8) is 0 Å². The molecule has 132 valence electrons. The quantitative estimate of drug-likeness (QED) is 0.550. The number of anilines is 2. The van der Waals surface area contributed by atoms with Gasteiger partial charge < -0.3 is 5.73 Å². The highest BCUT2D eigenvalue weighted by atomic mass is 32.1. The summed E-state index contributed by atoms with van der Waals surface area (Å²) in [5.41, 5.74) is 9.95. The van der Waals surface area contributed by atoms with Gasteiger partial charge in [-0.05, 0) is 43.5 Å². The van der Waals surface area contributed by atoms with Crippen molar-refractivity contribution >= 4 is 60.5 Å². The molecule has 0 aliphatic rings. The topological polar surface area (TPSA) is 93.8 Å². The van der Waals surface area contributed by atoms with Gasteiger partial charge in [0.2, 0.25) is 5.13 Å². The highest BCUT2D eigenvalue weighted by Gasteiger charge is 2.19. The average Bonchev–Trinajstić information content (AvgIpc) is 3.18. The summed E-state index contributed by atoms with van der Waals surface area (Å²) in [5, 5.41) is 14.0. The van der Waals surface area contributed by atoms with Gasteiger partial charge in [-0.1, -0.05) is 24.3 Å². The van der Waals surface area contributed by atoms with Crippen LogP contribution in [0, 0.1) is 13.8 Å². The molecule has 1 aromatic carbocycles. The second-order valence-corrected chi connectivity index (χ2v) is 8.20. The number of fused-ring (bicyclic) bond motifs is 2. The molecule has 0 unspecified atom stereocenters. The first-order chi connectivity index (χ1) is 12.5. The third kappa shape index (κ3) is 2.81. The number of carbonyl (C=O) groups is 1. The number of amides is 1. The number of pyridine rings is 1. The van der Waals surface area contributed by atoms with E-state index in [1.807, 2.05) is 26.0 Å². The Morgan fingerprint density at radius 1 is 1.15 bits per heavy atom. The van der Waals surface area contributed by atoms with Crippen molar-refractivity contribution in [3.05, 3.63) is 39.2 Å². The van der Waals surface area contributed by atoms with Gasteiger partial charge >= 0.3 is 0 Å². The van der Waals surface area contributed by atoms with Crippen LogP contribution < -0.4 is 11.1 Å². The highest BCUT2D eigenvalue weighted by Crippen LogP contribution is 2.36. The van der Waals surface area contributed by atoms with Crippen LogP contribution in [0.5, 0.6) is 0 Å². The van der Waals surface area contributed by atoms with Crippen LogP contribution in [-0.4, -0.2) is 21.1 Å². The largest absolute Gasteiger partial charge is 0.397 e. The van der Waals surface area contributed by atoms with Crippen molar-refractivity contribution < 1.29 is 4.79 Å². The molecule has 0 radical (unpaired) electrons. The predicted molar refractivity (Wildman–Crippen MR) is 108 cm³/mol. The summed E-state index contributed by atoms with van der Waals surface area (Å²) < 4.78 is 0. The molecule has 0 saturated carbocycles. The molecule has 0 aliphatic carbocycles. The van der Waals surface area contributed by atoms with Crippen molar-refractivity contribution in [1.29, 1.82) is 0 Å². The van der Waals surface area contributed by atoms with E-state index >= 15 is 0 Å². The molecule has 3 N–H and O–H groups in total. The maximum absolute atomic E-state index is 12.6. The molecule has 3 aromatic heterocycles. The first kappa shape index (κ1) is 16.9. The zero-order valence-electron chi connectivity index (χ0n) is 14.6. The number of nitrogens with one attached hydrogen (secondary N) is 1. The van der Waals surface area contributed by atoms with Crippen molar-refractivity contribution in [2.75, 3.05) is 11.1 Å². The van der Waals surface area contributed by atoms with E-state index in [0.717, 1.165) is 43.7 Å². The first-order valence-corrected chi connectivity index (χ1v) is 9.83. The Hall–Kier alpha value is -2.58. The van der Waals surface area contributed by atoms with Gasteiger partial charge in [-0.2, -0.15) is 0 Å². The highest BCUT2D eigenvalue weighted by molar-refractivity contribution is 7.21. The molecule has 4 aromatic rings. The number of hydrogen-bond donors (Lipinski definition) is 2. The van der Waals surface area contributed by atoms with Crippen LogP contribution in [0.4, 0.5) is 10.8 Å². The van der Waals surface area contributed by atoms with E-state index in [4.69, 9.17) is 10.7 Å². The second-order valence-electron chi connectivity index (χ2n) is 6.14. The smallest absolute Gasteiger partial charge is 0.269 e. The summed E-state index contributed by atoms with van der Waals surface area (Å²) >= 11 is 2.67. The maximum Gasteiger partial charge on any atom is 0.269 e. The maximum atomic E-state index is 12.6. The van der Waals surface area contributed by atoms with Gasteiger partial charge in [0.15, 0.2) is 0 Å². The van der Waals surface area contributed by atoms with Gasteiger partial charge in [0, 0.05) is 10.8 Å². The Balaban J connectivity index is 1.77. The summed E-state index contributed by atoms with van der Waals surface area (Å²) in [6.07, 6.45) is 0.786. The number of rotatable bonds is 3. The Bertz CT molecular complexity index is 1160. The molecule has 6 nitrogen and oxygen atoms in total. The molecule has 4 rings (SSSR count). The molecule has 0 bridgehead atoms. The summed E-state index contributed by atoms with van der Waals surface area (Å²) in [4.78, 5) is 18.6. The van der Waals surface area contributed by atoms with Crippen LogP contribution in [0.25, 0.3) is 21.1 Å². The lowest BCUT2D eigenvalue weighted by atomic mass is 10.1. The third-order valence-electron chi connectivity index (χ3n) is 4.18. The summed E-state index contributed by atoms with van der Waals surface area (Å²) in [7, 11) is 0. The average molecular weight is 384 g/mol. The van der Waals surface area contributed by atoms with Crippen LogP contribution in [0.2, 0.25) is 0 Å². The molecular weight excluding hydrogens is 366 g/mol. The summed E-state index contributed by atoms with van der Waals surface area (Å²) in [6, 6.07) is 6.19. The minimum atomic E-state index is -0.277. The van der Waals surface area contributed by atoms with E-state index in [1.54, 1.807) is 0 Å². The number of carbonyl (C=O) groups excluding carboxylic acids is 1. The van der Waals surface area contributed by atoms with Crippen molar-refractivity contribution in [1.82, 2.24) is 15.2 Å². The lowest BCUT2D eigenvalue weighted by molar-refractivity contribution is 0.103. The lowest BCUT2D eigenvalue weighted by Gasteiger charge is -2.04. The Morgan fingerprint density at radius 3 is 2.69 bits per heavy atom. The molecule has 3 heterocycles. The number of nitrogens with two attached hydrogens (primary N) is 1. The molecular formula is C18H17N5OS2. The normalized spacial score (nSPS) is 11.3. The number of nitrogen functional groups attached to an aromatic ring is 1. The second kappa shape index (κ2) is 6.30. The molecule has 0 fully saturated rings. The van der Waals surface area contributed by atoms with E-state index in [-0.39, 0.29) is 5.91 Å². The molecule has 1 amide bonds. The van der Waals surface area contributed by atoms with Crippen LogP contribution >= 0.6 is 22.7 Å². The predicted octanol–water partition coefficient (Wildman–Crippen LogP) is 4.31. The van der Waals surface area contributed by atoms with Gasteiger partial charge in [0.05, 0.1) is 11.2 Å². The van der Waals surface area contributed by atoms with E-state index < -0.39 is 0 Å². The van der Waals surface area contributed by atoms with E-state index in [1.165, 1.54) is 22.7 Å². The lowest BCUT2D eigenvalue weighted by Crippen LogP contribution is -2.11. The van der Waals surface area contributed by atoms with Crippen molar-refractivity contribution in [2.24, 2.45) is 0 Å². The minimum Gasteiger partial charge on any atom is -0.397 e. The fraction of sp³-hybridized carbons (Fsp3) is 0.222. The summed E-state index contributed by atoms with van der Waals surface area (Å²) in [5.74, 6) is -0.277. The van der Waals surface area contributed by atoms with E-state index in [9.17, 15) is 4.79 Å². The van der Waals surface area contributed by atoms with Gasteiger partial charge in [-0.25, -0.2) is 4.98 Å². The molecule has 0 atom stereocenters. The van der Waals surface area contributed by atoms with Crippen molar-refractivity contribution in [3.8, 4) is 0 Å². The van der Waals surface area contributed by atoms with Gasteiger partial charge in [0.1, 0.15) is 14.7 Å². The van der Waals surface area contributed by atoms with Crippen LogP contribution in [0.15, 0.2) is 18.2 Å². The van der Waals surface area contributed by atoms with Gasteiger partial charge in [0.25, 0.3) is 5.91 Å². The fourth-order valence-corrected chi connectivity index (χ4v) is 4.58. The number of aromatic nitrogens is 3. The Kier molecular flexibility index (Phi) is 4.08. The number of thiophene rings is 1. The monoisotopic (exact) mass is 383 g/mol. The standard InChI is InChI=1S/C18H17N5OS2/c1-4-13-22-23-18(25-13)21-16(24)15-14(19)11-7-10-9(3)5-8(2)6-12(10)20-17(11)26-15/h5-7H,4,19H2,1-3H3,(H,21,23,24). The third-order valence-corrected chi connectivity index (χ3v) is 6.28. The van der Waals surface area contributed by atoms with Crippen LogP contribution in [0.1, 0.15) is 32.7 Å². The molecule has 0 saturated heterocycles. The zero-order chi connectivity index (χ0) is 18.4. The number of aryl methyl sites for hydroxylation is 3. The van der Waals surface area contributed by atoms with Gasteiger partial charge in [-0.15, -0.1) is 21.5 Å². The van der Waals surface area contributed by atoms with Crippen molar-refractivity contribution in [2.45, 2.75) is 27.2 Å². The Labute approximate surface area is 158 Å². The summed E-state index contributed by atoms with van der Waals surface area (Å²) in [6.45, 7) is 6.10. The van der Waals surface area contributed by atoms with Gasteiger partial charge in [-0.3, -0.25) is 10.1 Å². The van der Waals surface area contributed by atoms with Crippen LogP contribution in [-0.2, 0) is 6.42 Å². The SMILES string of the molecule is CCc1nnc(NC(=O)c2sc3nc4cc(C)cc(C)c4cc3c2N)s1. The zero-order valence-corrected chi connectivity index (χ0v) is 16.2. The molecule has 26 heavy (non-hydrogen) atoms. The first-order valence-electron chi connectivity index (χ1n) is 8.20. The number of benzene rings is 1. The van der Waals surface area contributed by atoms with Crippen LogP contribution in [0.3, 0.4) is 0 Å². The molecule has 8 heteroatoms. The number of nitrogens with zero attached hydrogens (tertiary/aromatic N) is 3. The number of hydrogen-bond acceptors (Lipinski definition) is 7. The Morgan fingerprint density at radius 2 is 1.96 bits per heavy atom. The molecule has 0 spiro atoms. The van der Waals surface area contributed by atoms with E-state index in [0.29, 0.717) is 15.7 Å². The van der Waals surface area contributed by atoms with E-state index in [2.05, 4.69) is 28.5 Å². The molecule has 0 aliphatic heterocycles. The minimum absolute atomic E-state index is 0.277. The fourth-order valence-electron chi connectivity index (χ4n) is 2.93.